The van der Waals surface area contributed by atoms with Gasteiger partial charge in [0.15, 0.2) is 0 Å². The third kappa shape index (κ3) is 3.12. The average Bonchev–Trinajstić information content (AvgIpc) is 2.76. The lowest BCUT2D eigenvalue weighted by atomic mass is 10.1. The van der Waals surface area contributed by atoms with E-state index in [0.29, 0.717) is 12.1 Å². The van der Waals surface area contributed by atoms with E-state index in [1.165, 1.54) is 4.90 Å². The molecule has 1 aliphatic rings. The van der Waals surface area contributed by atoms with Crippen LogP contribution < -0.4 is 5.73 Å². The van der Waals surface area contributed by atoms with Crippen molar-refractivity contribution in [3.05, 3.63) is 35.4 Å². The van der Waals surface area contributed by atoms with E-state index in [0.717, 1.165) is 5.56 Å². The minimum atomic E-state index is -0.862. The van der Waals surface area contributed by atoms with Gasteiger partial charge in [-0.1, -0.05) is 11.8 Å². The molecular weight excluding hydrogens is 244 g/mol. The lowest BCUT2D eigenvalue weighted by Gasteiger charge is -2.15. The fourth-order valence-corrected chi connectivity index (χ4v) is 1.97. The third-order valence-corrected chi connectivity index (χ3v) is 3.01. The molecule has 0 bridgehead atoms. The summed E-state index contributed by atoms with van der Waals surface area (Å²) in [5.41, 5.74) is 6.59. The molecule has 0 aliphatic carbocycles. The van der Waals surface area contributed by atoms with Crippen molar-refractivity contribution in [3.8, 4) is 11.8 Å². The van der Waals surface area contributed by atoms with E-state index in [2.05, 4.69) is 11.8 Å². The van der Waals surface area contributed by atoms with Gasteiger partial charge in [-0.25, -0.2) is 0 Å². The molecule has 0 aromatic heterocycles. The highest BCUT2D eigenvalue weighted by Crippen LogP contribution is 2.14. The smallest absolute Gasteiger partial charge is 0.254 e. The molecule has 19 heavy (non-hydrogen) atoms. The summed E-state index contributed by atoms with van der Waals surface area (Å²) in [5.74, 6) is 5.41. The quantitative estimate of drug-likeness (QED) is 0.575. The van der Waals surface area contributed by atoms with Gasteiger partial charge in [-0.3, -0.25) is 4.79 Å². The Morgan fingerprint density at radius 3 is 2.37 bits per heavy atom. The number of amides is 1. The van der Waals surface area contributed by atoms with E-state index in [4.69, 9.17) is 5.73 Å². The number of hydrogen-bond donors (Lipinski definition) is 3. The van der Waals surface area contributed by atoms with Gasteiger partial charge in [-0.2, -0.15) is 0 Å². The zero-order valence-corrected chi connectivity index (χ0v) is 10.4. The highest BCUT2D eigenvalue weighted by Gasteiger charge is 2.32. The Morgan fingerprint density at radius 1 is 1.26 bits per heavy atom. The van der Waals surface area contributed by atoms with Crippen LogP contribution in [0, 0.1) is 11.8 Å². The van der Waals surface area contributed by atoms with E-state index in [-0.39, 0.29) is 19.0 Å². The Bertz CT molecular complexity index is 506. The first-order chi connectivity index (χ1) is 9.11. The van der Waals surface area contributed by atoms with Gasteiger partial charge in [0.25, 0.3) is 5.91 Å². The van der Waals surface area contributed by atoms with Gasteiger partial charge in [0, 0.05) is 24.2 Å². The standard InChI is InChI=1S/C14H16N2O3/c15-7-1-2-10-3-5-11(6-4-10)14(19)16-8-12(17)13(18)9-16/h3-6,12-13,17-18H,7-9,15H2. The molecule has 1 heterocycles. The number of benzene rings is 1. The Morgan fingerprint density at radius 2 is 1.84 bits per heavy atom. The van der Waals surface area contributed by atoms with Gasteiger partial charge in [-0.15, -0.1) is 0 Å². The summed E-state index contributed by atoms with van der Waals surface area (Å²) in [5, 5.41) is 18.9. The summed E-state index contributed by atoms with van der Waals surface area (Å²) < 4.78 is 0. The van der Waals surface area contributed by atoms with Crippen molar-refractivity contribution in [2.24, 2.45) is 5.73 Å². The lowest BCUT2D eigenvalue weighted by molar-refractivity contribution is 0.0572. The number of hydrogen-bond acceptors (Lipinski definition) is 4. The average molecular weight is 260 g/mol. The summed E-state index contributed by atoms with van der Waals surface area (Å²) in [4.78, 5) is 13.6. The monoisotopic (exact) mass is 260 g/mol. The minimum Gasteiger partial charge on any atom is -0.388 e. The van der Waals surface area contributed by atoms with E-state index >= 15 is 0 Å². The van der Waals surface area contributed by atoms with Crippen LogP contribution in [0.5, 0.6) is 0 Å². The first kappa shape index (κ1) is 13.6. The van der Waals surface area contributed by atoms with Gasteiger partial charge in [-0.05, 0) is 24.3 Å². The first-order valence-corrected chi connectivity index (χ1v) is 6.06. The minimum absolute atomic E-state index is 0.161. The van der Waals surface area contributed by atoms with Crippen LogP contribution in [0.1, 0.15) is 15.9 Å². The summed E-state index contributed by atoms with van der Waals surface area (Å²) in [6, 6.07) is 6.86. The van der Waals surface area contributed by atoms with Crippen LogP contribution in [0.4, 0.5) is 0 Å². The summed E-state index contributed by atoms with van der Waals surface area (Å²) in [7, 11) is 0. The number of carbonyl (C=O) groups excluding carboxylic acids is 1. The normalized spacial score (nSPS) is 21.9. The fourth-order valence-electron chi connectivity index (χ4n) is 1.97. The number of aliphatic hydroxyl groups is 2. The van der Waals surface area contributed by atoms with Crippen molar-refractivity contribution in [1.82, 2.24) is 4.90 Å². The van der Waals surface area contributed by atoms with Gasteiger partial charge in [0.05, 0.1) is 18.8 Å². The molecule has 1 aromatic carbocycles. The molecule has 0 spiro atoms. The van der Waals surface area contributed by atoms with Gasteiger partial charge >= 0.3 is 0 Å². The molecule has 1 aliphatic heterocycles. The molecule has 5 heteroatoms. The maximum Gasteiger partial charge on any atom is 0.254 e. The first-order valence-electron chi connectivity index (χ1n) is 6.06. The van der Waals surface area contributed by atoms with Crippen LogP contribution in [0.25, 0.3) is 0 Å². The van der Waals surface area contributed by atoms with Crippen molar-refractivity contribution in [2.75, 3.05) is 19.6 Å². The molecule has 100 valence electrons. The molecule has 0 radical (unpaired) electrons. The molecular formula is C14H16N2O3. The number of carbonyl (C=O) groups is 1. The summed E-state index contributed by atoms with van der Waals surface area (Å²) in [6.07, 6.45) is -1.72. The highest BCUT2D eigenvalue weighted by atomic mass is 16.3. The maximum absolute atomic E-state index is 12.1. The molecule has 2 atom stereocenters. The number of β-amino-alcohol motifs (C(OH)–C–C–N with tert-alkyl or cyclic N) is 2. The molecule has 1 fully saturated rings. The Hall–Kier alpha value is -1.87. The summed E-state index contributed by atoms with van der Waals surface area (Å²) in [6.45, 7) is 0.619. The lowest BCUT2D eigenvalue weighted by Crippen LogP contribution is -2.29. The van der Waals surface area contributed by atoms with Crippen molar-refractivity contribution < 1.29 is 15.0 Å². The Kier molecular flexibility index (Phi) is 4.17. The SMILES string of the molecule is NCC#Cc1ccc(C(=O)N2CC(O)C(O)C2)cc1. The van der Waals surface area contributed by atoms with Crippen LogP contribution >= 0.6 is 0 Å². The van der Waals surface area contributed by atoms with Crippen LogP contribution in [-0.2, 0) is 0 Å². The second-order valence-electron chi connectivity index (χ2n) is 4.43. The van der Waals surface area contributed by atoms with Crippen molar-refractivity contribution in [3.63, 3.8) is 0 Å². The largest absolute Gasteiger partial charge is 0.388 e. The second-order valence-corrected chi connectivity index (χ2v) is 4.43. The number of aliphatic hydroxyl groups excluding tert-OH is 2. The molecule has 0 saturated carbocycles. The zero-order valence-electron chi connectivity index (χ0n) is 10.4. The summed E-state index contributed by atoms with van der Waals surface area (Å²) >= 11 is 0. The van der Waals surface area contributed by atoms with Crippen LogP contribution in [0.2, 0.25) is 0 Å². The number of nitrogens with zero attached hydrogens (tertiary/aromatic N) is 1. The molecule has 1 aromatic rings. The Labute approximate surface area is 111 Å². The fraction of sp³-hybridized carbons (Fsp3) is 0.357. The molecule has 5 nitrogen and oxygen atoms in total. The van der Waals surface area contributed by atoms with Crippen LogP contribution in [0.15, 0.2) is 24.3 Å². The highest BCUT2D eigenvalue weighted by molar-refractivity contribution is 5.94. The van der Waals surface area contributed by atoms with E-state index in [1.54, 1.807) is 24.3 Å². The van der Waals surface area contributed by atoms with E-state index < -0.39 is 12.2 Å². The molecule has 2 unspecified atom stereocenters. The van der Waals surface area contributed by atoms with Crippen molar-refractivity contribution in [2.45, 2.75) is 12.2 Å². The predicted molar refractivity (Wildman–Crippen MR) is 70.3 cm³/mol. The van der Waals surface area contributed by atoms with Crippen molar-refractivity contribution in [1.29, 1.82) is 0 Å². The van der Waals surface area contributed by atoms with Gasteiger partial charge in [0.1, 0.15) is 0 Å². The molecule has 1 amide bonds. The number of likely N-dealkylation sites (tertiary alicyclic amines) is 1. The second kappa shape index (κ2) is 5.85. The van der Waals surface area contributed by atoms with Crippen LogP contribution in [-0.4, -0.2) is 52.9 Å². The molecule has 1 saturated heterocycles. The van der Waals surface area contributed by atoms with Crippen LogP contribution in [0.3, 0.4) is 0 Å². The predicted octanol–water partition coefficient (Wildman–Crippen LogP) is -0.826. The van der Waals surface area contributed by atoms with E-state index in [1.807, 2.05) is 0 Å². The number of rotatable bonds is 1. The van der Waals surface area contributed by atoms with Gasteiger partial charge < -0.3 is 20.8 Å². The molecule has 2 rings (SSSR count). The van der Waals surface area contributed by atoms with E-state index in [9.17, 15) is 15.0 Å². The zero-order chi connectivity index (χ0) is 13.8. The van der Waals surface area contributed by atoms with Crippen molar-refractivity contribution >= 4 is 5.91 Å². The maximum atomic E-state index is 12.1. The third-order valence-electron chi connectivity index (χ3n) is 3.01. The molecule has 4 N–H and O–H groups in total. The topological polar surface area (TPSA) is 86.8 Å². The van der Waals surface area contributed by atoms with Gasteiger partial charge in [0.2, 0.25) is 0 Å². The Balaban J connectivity index is 2.08. The number of nitrogens with two attached hydrogens (primary N) is 1.